The van der Waals surface area contributed by atoms with E-state index >= 15 is 0 Å². The van der Waals surface area contributed by atoms with E-state index in [4.69, 9.17) is 4.74 Å². The molecule has 0 spiro atoms. The zero-order valence-electron chi connectivity index (χ0n) is 14.2. The van der Waals surface area contributed by atoms with Crippen LogP contribution in [0.1, 0.15) is 32.1 Å². The van der Waals surface area contributed by atoms with Crippen LogP contribution in [-0.2, 0) is 19.7 Å². The van der Waals surface area contributed by atoms with Crippen molar-refractivity contribution in [1.82, 2.24) is 13.5 Å². The van der Waals surface area contributed by atoms with Crippen LogP contribution in [0, 0.1) is 5.92 Å². The predicted octanol–water partition coefficient (Wildman–Crippen LogP) is 0.534. The quantitative estimate of drug-likeness (QED) is 0.674. The minimum Gasteiger partial charge on any atom is -0.383 e. The molecule has 7 nitrogen and oxygen atoms in total. The summed E-state index contributed by atoms with van der Waals surface area (Å²) in [6, 6.07) is 0. The number of carbonyl (C=O) groups is 1. The van der Waals surface area contributed by atoms with Crippen LogP contribution in [0.4, 0.5) is 0 Å². The zero-order valence-corrected chi connectivity index (χ0v) is 15.1. The molecular formula is C15H29N3O4S. The summed E-state index contributed by atoms with van der Waals surface area (Å²) in [5, 5.41) is 0. The Balaban J connectivity index is 1.81. The topological polar surface area (TPSA) is 70.2 Å². The minimum absolute atomic E-state index is 0.182. The molecule has 1 aliphatic heterocycles. The normalized spacial score (nSPS) is 21.3. The molecule has 0 atom stereocenters. The first-order chi connectivity index (χ1) is 10.9. The van der Waals surface area contributed by atoms with Gasteiger partial charge in [-0.15, -0.1) is 0 Å². The molecule has 2 rings (SSSR count). The molecule has 23 heavy (non-hydrogen) atoms. The van der Waals surface area contributed by atoms with E-state index < -0.39 is 10.2 Å². The van der Waals surface area contributed by atoms with Gasteiger partial charge in [0.15, 0.2) is 0 Å². The van der Waals surface area contributed by atoms with Gasteiger partial charge in [0.1, 0.15) is 0 Å². The lowest BCUT2D eigenvalue weighted by Gasteiger charge is -2.36. The second-order valence-electron chi connectivity index (χ2n) is 6.46. The van der Waals surface area contributed by atoms with Gasteiger partial charge in [-0.2, -0.15) is 17.0 Å². The van der Waals surface area contributed by atoms with E-state index in [0.717, 1.165) is 12.8 Å². The average Bonchev–Trinajstić information content (AvgIpc) is 3.05. The Bertz CT molecular complexity index is 483. The van der Waals surface area contributed by atoms with Crippen LogP contribution in [-0.4, -0.2) is 81.3 Å². The lowest BCUT2D eigenvalue weighted by atomic mass is 10.0. The van der Waals surface area contributed by atoms with Crippen LogP contribution in [0.2, 0.25) is 0 Å². The van der Waals surface area contributed by atoms with Crippen LogP contribution < -0.4 is 0 Å². The third-order valence-corrected chi connectivity index (χ3v) is 6.85. The van der Waals surface area contributed by atoms with E-state index in [0.29, 0.717) is 51.7 Å². The van der Waals surface area contributed by atoms with Gasteiger partial charge >= 0.3 is 0 Å². The number of methoxy groups -OCH3 is 1. The molecule has 0 aromatic heterocycles. The molecule has 0 N–H and O–H groups in total. The molecule has 134 valence electrons. The Morgan fingerprint density at radius 1 is 1.17 bits per heavy atom. The van der Waals surface area contributed by atoms with E-state index in [1.807, 2.05) is 4.90 Å². The van der Waals surface area contributed by atoms with Gasteiger partial charge in [0.05, 0.1) is 6.61 Å². The first-order valence-electron chi connectivity index (χ1n) is 8.43. The highest BCUT2D eigenvalue weighted by molar-refractivity contribution is 7.86. The number of likely N-dealkylation sites (N-methyl/N-ethyl adjacent to an activating group) is 1. The van der Waals surface area contributed by atoms with Crippen molar-refractivity contribution in [2.45, 2.75) is 32.1 Å². The monoisotopic (exact) mass is 347 g/mol. The lowest BCUT2D eigenvalue weighted by molar-refractivity contribution is -0.133. The van der Waals surface area contributed by atoms with Gasteiger partial charge in [0.2, 0.25) is 5.91 Å². The highest BCUT2D eigenvalue weighted by Gasteiger charge is 2.32. The van der Waals surface area contributed by atoms with Crippen LogP contribution in [0.5, 0.6) is 0 Å². The SMILES string of the molecule is COCCN(C)S(=O)(=O)N1CCN(C(=O)CC2CCCC2)CC1. The van der Waals surface area contributed by atoms with Crippen molar-refractivity contribution in [3.8, 4) is 0 Å². The van der Waals surface area contributed by atoms with E-state index in [1.165, 1.54) is 21.5 Å². The fraction of sp³-hybridized carbons (Fsp3) is 0.933. The van der Waals surface area contributed by atoms with Crippen molar-refractivity contribution in [2.24, 2.45) is 5.92 Å². The largest absolute Gasteiger partial charge is 0.383 e. The number of hydrogen-bond acceptors (Lipinski definition) is 4. The van der Waals surface area contributed by atoms with Gasteiger partial charge in [0, 0.05) is 53.3 Å². The minimum atomic E-state index is -3.46. The molecule has 1 aliphatic carbocycles. The maximum Gasteiger partial charge on any atom is 0.281 e. The van der Waals surface area contributed by atoms with Gasteiger partial charge in [0.25, 0.3) is 10.2 Å². The molecule has 0 aromatic carbocycles. The second-order valence-corrected chi connectivity index (χ2v) is 8.49. The second kappa shape index (κ2) is 8.41. The molecule has 2 aliphatic rings. The Morgan fingerprint density at radius 2 is 1.78 bits per heavy atom. The fourth-order valence-electron chi connectivity index (χ4n) is 3.29. The molecule has 0 bridgehead atoms. The summed E-state index contributed by atoms with van der Waals surface area (Å²) in [6.45, 7) is 2.42. The molecule has 1 saturated carbocycles. The van der Waals surface area contributed by atoms with E-state index in [-0.39, 0.29) is 5.91 Å². The third kappa shape index (κ3) is 4.89. The fourth-order valence-corrected chi connectivity index (χ4v) is 4.62. The van der Waals surface area contributed by atoms with E-state index in [2.05, 4.69) is 0 Å². The molecule has 1 amide bonds. The van der Waals surface area contributed by atoms with Gasteiger partial charge in [-0.25, -0.2) is 0 Å². The summed E-state index contributed by atoms with van der Waals surface area (Å²) in [5.74, 6) is 0.714. The van der Waals surface area contributed by atoms with Crippen molar-refractivity contribution in [2.75, 3.05) is 53.5 Å². The average molecular weight is 347 g/mol. The van der Waals surface area contributed by atoms with Crippen molar-refractivity contribution < 1.29 is 17.9 Å². The van der Waals surface area contributed by atoms with Crippen molar-refractivity contribution in [1.29, 1.82) is 0 Å². The van der Waals surface area contributed by atoms with E-state index in [9.17, 15) is 13.2 Å². The summed E-state index contributed by atoms with van der Waals surface area (Å²) in [6.07, 6.45) is 5.41. The Hall–Kier alpha value is -0.700. The number of amides is 1. The van der Waals surface area contributed by atoms with Crippen molar-refractivity contribution in [3.63, 3.8) is 0 Å². The highest BCUT2D eigenvalue weighted by Crippen LogP contribution is 2.28. The van der Waals surface area contributed by atoms with Gasteiger partial charge in [-0.3, -0.25) is 4.79 Å². The van der Waals surface area contributed by atoms with Crippen LogP contribution in [0.25, 0.3) is 0 Å². The number of rotatable bonds is 7. The molecule has 0 radical (unpaired) electrons. The molecule has 1 heterocycles. The maximum atomic E-state index is 12.4. The van der Waals surface area contributed by atoms with Crippen LogP contribution in [0.15, 0.2) is 0 Å². The molecular weight excluding hydrogens is 318 g/mol. The molecule has 2 fully saturated rings. The summed E-state index contributed by atoms with van der Waals surface area (Å²) in [4.78, 5) is 14.1. The maximum absolute atomic E-state index is 12.4. The number of hydrogen-bond donors (Lipinski definition) is 0. The predicted molar refractivity (Wildman–Crippen MR) is 88.2 cm³/mol. The van der Waals surface area contributed by atoms with Gasteiger partial charge < -0.3 is 9.64 Å². The highest BCUT2D eigenvalue weighted by atomic mass is 32.2. The molecule has 8 heteroatoms. The summed E-state index contributed by atoms with van der Waals surface area (Å²) >= 11 is 0. The van der Waals surface area contributed by atoms with E-state index in [1.54, 1.807) is 14.2 Å². The first kappa shape index (κ1) is 18.6. The van der Waals surface area contributed by atoms with Gasteiger partial charge in [-0.1, -0.05) is 12.8 Å². The summed E-state index contributed by atoms with van der Waals surface area (Å²) in [7, 11) is -0.345. The van der Waals surface area contributed by atoms with Crippen molar-refractivity contribution in [3.05, 3.63) is 0 Å². The Morgan fingerprint density at radius 3 is 2.35 bits per heavy atom. The number of piperazine rings is 1. The standard InChI is InChI=1S/C15H29N3O4S/c1-16(11-12-22-2)23(20,21)18-9-7-17(8-10-18)15(19)13-14-5-3-4-6-14/h14H,3-13H2,1-2H3. The first-order valence-corrected chi connectivity index (χ1v) is 9.83. The van der Waals surface area contributed by atoms with Crippen LogP contribution in [0.3, 0.4) is 0 Å². The number of carbonyl (C=O) groups excluding carboxylic acids is 1. The molecule has 1 saturated heterocycles. The molecule has 0 aromatic rings. The molecule has 0 unspecified atom stereocenters. The Labute approximate surface area is 139 Å². The Kier molecular flexibility index (Phi) is 6.82. The van der Waals surface area contributed by atoms with Crippen molar-refractivity contribution >= 4 is 16.1 Å². The number of ether oxygens (including phenoxy) is 1. The lowest BCUT2D eigenvalue weighted by Crippen LogP contribution is -2.54. The summed E-state index contributed by atoms with van der Waals surface area (Å²) < 4.78 is 32.6. The smallest absolute Gasteiger partial charge is 0.281 e. The third-order valence-electron chi connectivity index (χ3n) is 4.86. The zero-order chi connectivity index (χ0) is 16.9. The summed E-state index contributed by atoms with van der Waals surface area (Å²) in [5.41, 5.74) is 0. The number of nitrogens with zero attached hydrogens (tertiary/aromatic N) is 3. The van der Waals surface area contributed by atoms with Gasteiger partial charge in [-0.05, 0) is 18.8 Å². The van der Waals surface area contributed by atoms with Crippen LogP contribution >= 0.6 is 0 Å².